The van der Waals surface area contributed by atoms with Crippen LogP contribution in [0.4, 0.5) is 0 Å². The van der Waals surface area contributed by atoms with Crippen molar-refractivity contribution in [3.8, 4) is 0 Å². The highest BCUT2D eigenvalue weighted by Gasteiger charge is 2.15. The molecule has 0 saturated carbocycles. The van der Waals surface area contributed by atoms with E-state index in [0.29, 0.717) is 10.9 Å². The zero-order chi connectivity index (χ0) is 6.69. The SMILES string of the molecule is NC(=S)[C@H]1CCCOC1. The van der Waals surface area contributed by atoms with Crippen molar-refractivity contribution in [3.05, 3.63) is 0 Å². The quantitative estimate of drug-likeness (QED) is 0.552. The molecule has 2 nitrogen and oxygen atoms in total. The fourth-order valence-corrected chi connectivity index (χ4v) is 1.15. The Hall–Kier alpha value is -0.150. The smallest absolute Gasteiger partial charge is 0.0781 e. The van der Waals surface area contributed by atoms with Crippen LogP contribution in [0.5, 0.6) is 0 Å². The minimum atomic E-state index is 0.341. The molecule has 0 unspecified atom stereocenters. The van der Waals surface area contributed by atoms with Gasteiger partial charge in [-0.2, -0.15) is 0 Å². The lowest BCUT2D eigenvalue weighted by atomic mass is 10.0. The zero-order valence-corrected chi connectivity index (χ0v) is 6.12. The monoisotopic (exact) mass is 145 g/mol. The van der Waals surface area contributed by atoms with Crippen LogP contribution in [0.1, 0.15) is 12.8 Å². The normalized spacial score (nSPS) is 27.8. The molecular formula is C6H11NOS. The Bertz CT molecular complexity index is 110. The van der Waals surface area contributed by atoms with Crippen LogP contribution in [0.25, 0.3) is 0 Å². The number of hydrogen-bond acceptors (Lipinski definition) is 2. The number of nitrogens with two attached hydrogens (primary N) is 1. The zero-order valence-electron chi connectivity index (χ0n) is 5.30. The van der Waals surface area contributed by atoms with Crippen molar-refractivity contribution in [2.75, 3.05) is 13.2 Å². The first-order chi connectivity index (χ1) is 4.30. The van der Waals surface area contributed by atoms with E-state index in [9.17, 15) is 0 Å². The highest BCUT2D eigenvalue weighted by Crippen LogP contribution is 2.12. The largest absolute Gasteiger partial charge is 0.393 e. The molecule has 1 rings (SSSR count). The number of thiocarbonyl (C=S) groups is 1. The van der Waals surface area contributed by atoms with Gasteiger partial charge in [-0.15, -0.1) is 0 Å². The van der Waals surface area contributed by atoms with Crippen LogP contribution in [0.3, 0.4) is 0 Å². The van der Waals surface area contributed by atoms with Gasteiger partial charge in [0.15, 0.2) is 0 Å². The minimum Gasteiger partial charge on any atom is -0.393 e. The third kappa shape index (κ3) is 1.91. The molecule has 0 aromatic rings. The molecule has 0 aromatic carbocycles. The van der Waals surface area contributed by atoms with E-state index in [1.165, 1.54) is 0 Å². The fraction of sp³-hybridized carbons (Fsp3) is 0.833. The average Bonchev–Trinajstić information content (AvgIpc) is 1.90. The summed E-state index contributed by atoms with van der Waals surface area (Å²) in [5.74, 6) is 0.341. The van der Waals surface area contributed by atoms with Gasteiger partial charge in [-0.3, -0.25) is 0 Å². The maximum atomic E-state index is 5.42. The minimum absolute atomic E-state index is 0.341. The Morgan fingerprint density at radius 2 is 2.44 bits per heavy atom. The first-order valence-corrected chi connectivity index (χ1v) is 3.58. The second kappa shape index (κ2) is 3.13. The fourth-order valence-electron chi connectivity index (χ4n) is 0.965. The summed E-state index contributed by atoms with van der Waals surface area (Å²) in [7, 11) is 0. The van der Waals surface area contributed by atoms with Crippen LogP contribution >= 0.6 is 12.2 Å². The van der Waals surface area contributed by atoms with Crippen molar-refractivity contribution in [2.45, 2.75) is 12.8 Å². The van der Waals surface area contributed by atoms with Crippen LogP contribution in [-0.2, 0) is 4.74 Å². The molecular weight excluding hydrogens is 134 g/mol. The van der Waals surface area contributed by atoms with E-state index in [-0.39, 0.29) is 0 Å². The first-order valence-electron chi connectivity index (χ1n) is 3.18. The second-order valence-corrected chi connectivity index (χ2v) is 2.79. The Labute approximate surface area is 60.4 Å². The molecule has 1 aliphatic heterocycles. The molecule has 0 spiro atoms. The highest BCUT2D eigenvalue weighted by molar-refractivity contribution is 7.80. The van der Waals surface area contributed by atoms with Crippen LogP contribution in [0.2, 0.25) is 0 Å². The summed E-state index contributed by atoms with van der Waals surface area (Å²) in [4.78, 5) is 0.606. The van der Waals surface area contributed by atoms with Gasteiger partial charge in [0.2, 0.25) is 0 Å². The molecule has 0 aliphatic carbocycles. The number of hydrogen-bond donors (Lipinski definition) is 1. The van der Waals surface area contributed by atoms with Gasteiger partial charge in [0, 0.05) is 12.5 Å². The Balaban J connectivity index is 2.31. The van der Waals surface area contributed by atoms with E-state index in [0.717, 1.165) is 26.1 Å². The third-order valence-electron chi connectivity index (χ3n) is 1.56. The van der Waals surface area contributed by atoms with Crippen LogP contribution in [-0.4, -0.2) is 18.2 Å². The Kier molecular flexibility index (Phi) is 2.42. The summed E-state index contributed by atoms with van der Waals surface area (Å²) in [6.45, 7) is 1.61. The standard InChI is InChI=1S/C6H11NOS/c7-6(9)5-2-1-3-8-4-5/h5H,1-4H2,(H2,7,9)/t5-/m0/s1. The molecule has 1 saturated heterocycles. The summed E-state index contributed by atoms with van der Waals surface area (Å²) in [5, 5.41) is 0. The summed E-state index contributed by atoms with van der Waals surface area (Å²) in [5.41, 5.74) is 5.42. The van der Waals surface area contributed by atoms with Crippen molar-refractivity contribution in [2.24, 2.45) is 11.7 Å². The van der Waals surface area contributed by atoms with Gasteiger partial charge < -0.3 is 10.5 Å². The van der Waals surface area contributed by atoms with Crippen LogP contribution < -0.4 is 5.73 Å². The van der Waals surface area contributed by atoms with Gasteiger partial charge in [-0.1, -0.05) is 12.2 Å². The van der Waals surface area contributed by atoms with Gasteiger partial charge >= 0.3 is 0 Å². The summed E-state index contributed by atoms with van der Waals surface area (Å²) in [6.07, 6.45) is 2.21. The van der Waals surface area contributed by atoms with Gasteiger partial charge in [-0.05, 0) is 12.8 Å². The lowest BCUT2D eigenvalue weighted by Gasteiger charge is -2.20. The molecule has 52 valence electrons. The summed E-state index contributed by atoms with van der Waals surface area (Å²) < 4.78 is 5.18. The molecule has 2 N–H and O–H groups in total. The van der Waals surface area contributed by atoms with Gasteiger partial charge in [0.05, 0.1) is 11.6 Å². The molecule has 1 atom stereocenters. The average molecular weight is 145 g/mol. The number of rotatable bonds is 1. The molecule has 1 fully saturated rings. The highest BCUT2D eigenvalue weighted by atomic mass is 32.1. The van der Waals surface area contributed by atoms with Crippen molar-refractivity contribution in [1.82, 2.24) is 0 Å². The molecule has 3 heteroatoms. The predicted molar refractivity (Wildman–Crippen MR) is 40.3 cm³/mol. The van der Waals surface area contributed by atoms with Crippen molar-refractivity contribution in [1.29, 1.82) is 0 Å². The first kappa shape index (κ1) is 6.96. The van der Waals surface area contributed by atoms with Gasteiger partial charge in [-0.25, -0.2) is 0 Å². The topological polar surface area (TPSA) is 35.2 Å². The van der Waals surface area contributed by atoms with E-state index < -0.39 is 0 Å². The predicted octanol–water partition coefficient (Wildman–Crippen LogP) is 0.699. The van der Waals surface area contributed by atoms with E-state index in [4.69, 9.17) is 22.7 Å². The van der Waals surface area contributed by atoms with Crippen molar-refractivity contribution in [3.63, 3.8) is 0 Å². The van der Waals surface area contributed by atoms with Crippen molar-refractivity contribution >= 4 is 17.2 Å². The number of ether oxygens (including phenoxy) is 1. The van der Waals surface area contributed by atoms with Gasteiger partial charge in [0.1, 0.15) is 0 Å². The van der Waals surface area contributed by atoms with E-state index in [2.05, 4.69) is 0 Å². The Morgan fingerprint density at radius 3 is 2.78 bits per heavy atom. The maximum Gasteiger partial charge on any atom is 0.0781 e. The van der Waals surface area contributed by atoms with Crippen molar-refractivity contribution < 1.29 is 4.74 Å². The molecule has 0 radical (unpaired) electrons. The lowest BCUT2D eigenvalue weighted by Crippen LogP contribution is -2.29. The summed E-state index contributed by atoms with van der Waals surface area (Å²) >= 11 is 4.81. The lowest BCUT2D eigenvalue weighted by molar-refractivity contribution is 0.0773. The maximum absolute atomic E-state index is 5.42. The second-order valence-electron chi connectivity index (χ2n) is 2.32. The van der Waals surface area contributed by atoms with E-state index in [1.807, 2.05) is 0 Å². The van der Waals surface area contributed by atoms with Crippen LogP contribution in [0, 0.1) is 5.92 Å². The van der Waals surface area contributed by atoms with Gasteiger partial charge in [0.25, 0.3) is 0 Å². The Morgan fingerprint density at radius 1 is 1.67 bits per heavy atom. The summed E-state index contributed by atoms with van der Waals surface area (Å²) in [6, 6.07) is 0. The van der Waals surface area contributed by atoms with E-state index in [1.54, 1.807) is 0 Å². The van der Waals surface area contributed by atoms with Crippen LogP contribution in [0.15, 0.2) is 0 Å². The third-order valence-corrected chi connectivity index (χ3v) is 1.90. The molecule has 9 heavy (non-hydrogen) atoms. The molecule has 0 bridgehead atoms. The molecule has 0 amide bonds. The molecule has 0 aromatic heterocycles. The van der Waals surface area contributed by atoms with E-state index >= 15 is 0 Å². The molecule has 1 aliphatic rings. The molecule has 1 heterocycles.